The van der Waals surface area contributed by atoms with Gasteiger partial charge in [-0.2, -0.15) is 13.2 Å². The van der Waals surface area contributed by atoms with Crippen molar-refractivity contribution in [2.75, 3.05) is 0 Å². The van der Waals surface area contributed by atoms with Gasteiger partial charge in [0.25, 0.3) is 0 Å². The van der Waals surface area contributed by atoms with Gasteiger partial charge in [0.15, 0.2) is 12.1 Å². The molecule has 0 radical (unpaired) electrons. The number of aliphatic imine (C=N–C) groups is 2. The van der Waals surface area contributed by atoms with Crippen LogP contribution < -0.4 is 11.5 Å². The summed E-state index contributed by atoms with van der Waals surface area (Å²) >= 11 is 0. The van der Waals surface area contributed by atoms with Crippen LogP contribution >= 0.6 is 0 Å². The van der Waals surface area contributed by atoms with E-state index in [0.29, 0.717) is 6.07 Å². The van der Waals surface area contributed by atoms with Crippen LogP contribution in [0.2, 0.25) is 0 Å². The molecule has 0 spiro atoms. The quantitative estimate of drug-likeness (QED) is 0.488. The van der Waals surface area contributed by atoms with Crippen molar-refractivity contribution >= 4 is 12.1 Å². The minimum atomic E-state index is -4.72. The molecule has 2 atom stereocenters. The van der Waals surface area contributed by atoms with E-state index >= 15 is 0 Å². The van der Waals surface area contributed by atoms with Gasteiger partial charge in [0.1, 0.15) is 5.82 Å². The predicted octanol–water partition coefficient (Wildman–Crippen LogP) is 1.09. The Balaban J connectivity index is 2.42. The molecule has 1 aliphatic heterocycles. The molecule has 1 aromatic carbocycles. The van der Waals surface area contributed by atoms with Crippen LogP contribution in [0.3, 0.4) is 0 Å². The molecule has 0 amide bonds. The summed E-state index contributed by atoms with van der Waals surface area (Å²) in [6.45, 7) is 0. The molecule has 0 saturated heterocycles. The van der Waals surface area contributed by atoms with Crippen LogP contribution in [0.5, 0.6) is 0 Å². The van der Waals surface area contributed by atoms with Crippen LogP contribution in [-0.4, -0.2) is 28.8 Å². The fraction of sp³-hybridized carbons (Fsp3) is 0.333. The SMILES string of the molecule is NC1=NC(N)N=CC1(Cc1ccc(C(F)(F)F)cc1F)[N+](=O)[O-]. The molecule has 0 aromatic heterocycles. The fourth-order valence-corrected chi connectivity index (χ4v) is 2.05. The van der Waals surface area contributed by atoms with Crippen molar-refractivity contribution in [3.63, 3.8) is 0 Å². The second-order valence-corrected chi connectivity index (χ2v) is 4.87. The molecular weight excluding hydrogens is 322 g/mol. The van der Waals surface area contributed by atoms with Gasteiger partial charge in [0.2, 0.25) is 0 Å². The molecule has 124 valence electrons. The first-order chi connectivity index (χ1) is 10.6. The Kier molecular flexibility index (Phi) is 4.07. The van der Waals surface area contributed by atoms with Crippen molar-refractivity contribution in [3.05, 3.63) is 45.3 Å². The number of benzene rings is 1. The van der Waals surface area contributed by atoms with Crippen molar-refractivity contribution in [2.24, 2.45) is 21.5 Å². The molecular formula is C12H11F4N5O2. The number of amidine groups is 1. The molecule has 7 nitrogen and oxygen atoms in total. The topological polar surface area (TPSA) is 120 Å². The predicted molar refractivity (Wildman–Crippen MR) is 72.9 cm³/mol. The average molecular weight is 333 g/mol. The molecule has 1 aliphatic rings. The standard InChI is InChI=1S/C12H11F4N5O2/c13-8-3-7(12(14,15)16)2-1-6(8)4-11(21(22)23)5-19-10(18)20-9(11)17/h1-3,5,10H,4,18H2,(H2,17,20). The van der Waals surface area contributed by atoms with Gasteiger partial charge in [-0.1, -0.05) is 6.07 Å². The molecule has 23 heavy (non-hydrogen) atoms. The van der Waals surface area contributed by atoms with Crippen LogP contribution in [0.4, 0.5) is 17.6 Å². The summed E-state index contributed by atoms with van der Waals surface area (Å²) in [5.74, 6) is -1.73. The zero-order valence-corrected chi connectivity index (χ0v) is 11.4. The van der Waals surface area contributed by atoms with Gasteiger partial charge in [-0.05, 0) is 17.7 Å². The molecule has 1 heterocycles. The third-order valence-corrected chi connectivity index (χ3v) is 3.32. The molecule has 0 aliphatic carbocycles. The Morgan fingerprint density at radius 2 is 2.04 bits per heavy atom. The van der Waals surface area contributed by atoms with Crippen molar-refractivity contribution in [1.82, 2.24) is 0 Å². The largest absolute Gasteiger partial charge is 0.416 e. The Bertz CT molecular complexity index is 703. The van der Waals surface area contributed by atoms with Crippen molar-refractivity contribution < 1.29 is 22.5 Å². The Hall–Kier alpha value is -2.56. The third-order valence-electron chi connectivity index (χ3n) is 3.32. The van der Waals surface area contributed by atoms with Gasteiger partial charge >= 0.3 is 11.7 Å². The number of rotatable bonds is 3. The van der Waals surface area contributed by atoms with E-state index in [2.05, 4.69) is 9.98 Å². The lowest BCUT2D eigenvalue weighted by atomic mass is 9.90. The van der Waals surface area contributed by atoms with Crippen molar-refractivity contribution in [2.45, 2.75) is 24.4 Å². The summed E-state index contributed by atoms with van der Waals surface area (Å²) in [4.78, 5) is 17.7. The van der Waals surface area contributed by atoms with E-state index < -0.39 is 46.6 Å². The average Bonchev–Trinajstić information content (AvgIpc) is 2.42. The monoisotopic (exact) mass is 333 g/mol. The van der Waals surface area contributed by atoms with Crippen LogP contribution in [0.15, 0.2) is 28.2 Å². The molecule has 0 saturated carbocycles. The first-order valence-corrected chi connectivity index (χ1v) is 6.20. The van der Waals surface area contributed by atoms with Crippen molar-refractivity contribution in [1.29, 1.82) is 0 Å². The number of hydrogen-bond acceptors (Lipinski definition) is 6. The maximum atomic E-state index is 13.9. The molecule has 4 N–H and O–H groups in total. The Morgan fingerprint density at radius 3 is 2.52 bits per heavy atom. The first kappa shape index (κ1) is 16.8. The Morgan fingerprint density at radius 1 is 1.39 bits per heavy atom. The number of nitrogens with zero attached hydrogens (tertiary/aromatic N) is 3. The van der Waals surface area contributed by atoms with Gasteiger partial charge in [0.05, 0.1) is 18.2 Å². The minimum absolute atomic E-state index is 0.266. The number of halogens is 4. The third kappa shape index (κ3) is 3.13. The first-order valence-electron chi connectivity index (χ1n) is 6.20. The summed E-state index contributed by atoms with van der Waals surface area (Å²) < 4.78 is 51.5. The lowest BCUT2D eigenvalue weighted by Gasteiger charge is -2.24. The van der Waals surface area contributed by atoms with E-state index in [1.807, 2.05) is 0 Å². The second kappa shape index (κ2) is 5.57. The van der Waals surface area contributed by atoms with Crippen LogP contribution in [0, 0.1) is 15.9 Å². The van der Waals surface area contributed by atoms with E-state index in [1.54, 1.807) is 0 Å². The van der Waals surface area contributed by atoms with E-state index in [0.717, 1.165) is 12.3 Å². The summed E-state index contributed by atoms with van der Waals surface area (Å²) in [6, 6.07) is 1.71. The highest BCUT2D eigenvalue weighted by atomic mass is 19.4. The van der Waals surface area contributed by atoms with Gasteiger partial charge in [-0.25, -0.2) is 14.4 Å². The molecule has 2 unspecified atom stereocenters. The lowest BCUT2D eigenvalue weighted by molar-refractivity contribution is -0.524. The smallest absolute Gasteiger partial charge is 0.381 e. The molecule has 11 heteroatoms. The molecule has 0 fully saturated rings. The van der Waals surface area contributed by atoms with Crippen molar-refractivity contribution in [3.8, 4) is 0 Å². The number of nitrogens with two attached hydrogens (primary N) is 2. The second-order valence-electron chi connectivity index (χ2n) is 4.87. The van der Waals surface area contributed by atoms with Crippen LogP contribution in [0.25, 0.3) is 0 Å². The fourth-order valence-electron chi connectivity index (χ4n) is 2.05. The summed E-state index contributed by atoms with van der Waals surface area (Å²) in [6.07, 6.45) is -5.65. The maximum absolute atomic E-state index is 13.9. The van der Waals surface area contributed by atoms with E-state index in [4.69, 9.17) is 11.5 Å². The van der Waals surface area contributed by atoms with Gasteiger partial charge in [0, 0.05) is 4.92 Å². The van der Waals surface area contributed by atoms with Crippen LogP contribution in [-0.2, 0) is 12.6 Å². The molecule has 1 aromatic rings. The maximum Gasteiger partial charge on any atom is 0.416 e. The molecule has 0 bridgehead atoms. The van der Waals surface area contributed by atoms with Gasteiger partial charge in [-0.3, -0.25) is 15.8 Å². The zero-order chi connectivity index (χ0) is 17.4. The summed E-state index contributed by atoms with van der Waals surface area (Å²) in [7, 11) is 0. The lowest BCUT2D eigenvalue weighted by Crippen LogP contribution is -2.56. The van der Waals surface area contributed by atoms with E-state index in [-0.39, 0.29) is 11.6 Å². The number of nitro groups is 1. The van der Waals surface area contributed by atoms with Crippen LogP contribution in [0.1, 0.15) is 11.1 Å². The highest BCUT2D eigenvalue weighted by Gasteiger charge is 2.48. The Labute approximate surface area is 126 Å². The zero-order valence-electron chi connectivity index (χ0n) is 11.4. The van der Waals surface area contributed by atoms with E-state index in [9.17, 15) is 27.7 Å². The highest BCUT2D eigenvalue weighted by Crippen LogP contribution is 2.31. The van der Waals surface area contributed by atoms with E-state index in [1.165, 1.54) is 0 Å². The van der Waals surface area contributed by atoms with Gasteiger partial charge in [-0.15, -0.1) is 0 Å². The highest BCUT2D eigenvalue weighted by molar-refractivity contribution is 6.05. The number of hydrogen-bond donors (Lipinski definition) is 2. The minimum Gasteiger partial charge on any atom is -0.381 e. The summed E-state index contributed by atoms with van der Waals surface area (Å²) in [5.41, 5.74) is 7.21. The number of alkyl halides is 3. The van der Waals surface area contributed by atoms with Gasteiger partial charge < -0.3 is 5.73 Å². The normalized spacial score (nSPS) is 24.4. The molecule has 2 rings (SSSR count). The summed E-state index contributed by atoms with van der Waals surface area (Å²) in [5, 5.41) is 11.3.